The van der Waals surface area contributed by atoms with E-state index < -0.39 is 18.0 Å². The van der Waals surface area contributed by atoms with Gasteiger partial charge in [-0.2, -0.15) is 0 Å². The predicted octanol–water partition coefficient (Wildman–Crippen LogP) is 3.64. The van der Waals surface area contributed by atoms with Gasteiger partial charge in [0.15, 0.2) is 10.9 Å². The molecule has 3 N–H and O–H groups in total. The number of alkyl halides is 3. The molecule has 0 saturated carbocycles. The Hall–Kier alpha value is -1.81. The van der Waals surface area contributed by atoms with E-state index in [1.165, 1.54) is 17.5 Å². The topological polar surface area (TPSA) is 77.2 Å². The van der Waals surface area contributed by atoms with Crippen LogP contribution in [0.3, 0.4) is 0 Å². The summed E-state index contributed by atoms with van der Waals surface area (Å²) in [6.07, 6.45) is -4.87. The van der Waals surface area contributed by atoms with Gasteiger partial charge in [-0.15, -0.1) is 24.5 Å². The number of nitrogens with two attached hydrogens (primary N) is 1. The quantitative estimate of drug-likeness (QED) is 0.850. The maximum atomic E-state index is 12.3. The number of carbonyl (C=O) groups excluding carboxylic acids is 1. The van der Waals surface area contributed by atoms with Crippen LogP contribution in [0.5, 0.6) is 5.75 Å². The van der Waals surface area contributed by atoms with Crippen molar-refractivity contribution >= 4 is 44.0 Å². The molecule has 0 aliphatic carbocycles. The number of ether oxygens (including phenoxy) is 1. The number of hydrogen-bond donors (Lipinski definition) is 2. The number of carbonyl (C=O) groups is 1. The van der Waals surface area contributed by atoms with Crippen LogP contribution in [0.1, 0.15) is 10.5 Å². The van der Waals surface area contributed by atoms with Crippen LogP contribution in [0.4, 0.5) is 24.0 Å². The SMILES string of the molecule is Nc1nc(C(=O)Nc2ccc(Br)cc2OC(F)(F)F)cs1. The zero-order valence-electron chi connectivity index (χ0n) is 10.1. The summed E-state index contributed by atoms with van der Waals surface area (Å²) in [7, 11) is 0. The Balaban J connectivity index is 2.25. The van der Waals surface area contributed by atoms with Crippen LogP contribution in [0.15, 0.2) is 28.1 Å². The Morgan fingerprint density at radius 1 is 1.43 bits per heavy atom. The number of hydrogen-bond acceptors (Lipinski definition) is 5. The van der Waals surface area contributed by atoms with Gasteiger partial charge < -0.3 is 15.8 Å². The third-order valence-electron chi connectivity index (χ3n) is 2.17. The predicted molar refractivity (Wildman–Crippen MR) is 75.3 cm³/mol. The van der Waals surface area contributed by atoms with Gasteiger partial charge in [-0.05, 0) is 18.2 Å². The fourth-order valence-electron chi connectivity index (χ4n) is 1.39. The maximum Gasteiger partial charge on any atom is 0.573 e. The molecule has 5 nitrogen and oxygen atoms in total. The van der Waals surface area contributed by atoms with Gasteiger partial charge in [0, 0.05) is 9.85 Å². The zero-order chi connectivity index (χ0) is 15.6. The first-order valence-electron chi connectivity index (χ1n) is 5.32. The fourth-order valence-corrected chi connectivity index (χ4v) is 2.27. The number of rotatable bonds is 3. The van der Waals surface area contributed by atoms with Crippen molar-refractivity contribution in [3.8, 4) is 5.75 Å². The van der Waals surface area contributed by atoms with E-state index in [9.17, 15) is 18.0 Å². The molecule has 0 saturated heterocycles. The van der Waals surface area contributed by atoms with Gasteiger partial charge >= 0.3 is 6.36 Å². The first-order valence-corrected chi connectivity index (χ1v) is 6.99. The van der Waals surface area contributed by atoms with Crippen LogP contribution < -0.4 is 15.8 Å². The molecule has 21 heavy (non-hydrogen) atoms. The summed E-state index contributed by atoms with van der Waals surface area (Å²) in [5, 5.41) is 3.87. The normalized spacial score (nSPS) is 11.2. The number of amides is 1. The zero-order valence-corrected chi connectivity index (χ0v) is 12.5. The molecule has 2 rings (SSSR count). The van der Waals surface area contributed by atoms with Crippen molar-refractivity contribution in [3.05, 3.63) is 33.7 Å². The Kier molecular flexibility index (Phi) is 4.37. The van der Waals surface area contributed by atoms with E-state index in [1.54, 1.807) is 0 Å². The molecule has 10 heteroatoms. The minimum absolute atomic E-state index is 0.0124. The molecule has 0 fully saturated rings. The van der Waals surface area contributed by atoms with Crippen molar-refractivity contribution in [2.24, 2.45) is 0 Å². The van der Waals surface area contributed by atoms with Crippen LogP contribution in [0, 0.1) is 0 Å². The third-order valence-corrected chi connectivity index (χ3v) is 3.34. The standard InChI is InChI=1S/C11H7BrF3N3O2S/c12-5-1-2-6(8(3-5)20-11(13,14)15)17-9(19)7-4-21-10(16)18-7/h1-4H,(H2,16,18)(H,17,19). The van der Waals surface area contributed by atoms with E-state index in [2.05, 4.69) is 31.0 Å². The second-order valence-corrected chi connectivity index (χ2v) is 5.52. The van der Waals surface area contributed by atoms with Gasteiger partial charge in [-0.3, -0.25) is 4.79 Å². The summed E-state index contributed by atoms with van der Waals surface area (Å²) in [6.45, 7) is 0. The second kappa shape index (κ2) is 5.90. The number of nitrogens with one attached hydrogen (secondary N) is 1. The summed E-state index contributed by atoms with van der Waals surface area (Å²) in [4.78, 5) is 15.6. The molecule has 1 amide bonds. The number of benzene rings is 1. The number of thiazole rings is 1. The second-order valence-electron chi connectivity index (χ2n) is 3.71. The van der Waals surface area contributed by atoms with Crippen molar-refractivity contribution in [3.63, 3.8) is 0 Å². The van der Waals surface area contributed by atoms with Gasteiger partial charge in [0.05, 0.1) is 5.69 Å². The number of anilines is 2. The molecule has 1 aromatic heterocycles. The van der Waals surface area contributed by atoms with Crippen LogP contribution in [-0.2, 0) is 0 Å². The van der Waals surface area contributed by atoms with Gasteiger partial charge in [0.2, 0.25) is 0 Å². The Labute approximate surface area is 129 Å². The molecule has 0 radical (unpaired) electrons. The molecular formula is C11H7BrF3N3O2S. The minimum Gasteiger partial charge on any atom is -0.404 e. The summed E-state index contributed by atoms with van der Waals surface area (Å²) in [5.41, 5.74) is 5.27. The van der Waals surface area contributed by atoms with Gasteiger partial charge in [-0.1, -0.05) is 15.9 Å². The van der Waals surface area contributed by atoms with Crippen LogP contribution in [0.2, 0.25) is 0 Å². The maximum absolute atomic E-state index is 12.3. The molecule has 0 atom stereocenters. The van der Waals surface area contributed by atoms with Gasteiger partial charge in [0.1, 0.15) is 5.69 Å². The van der Waals surface area contributed by atoms with E-state index in [0.29, 0.717) is 4.47 Å². The van der Waals surface area contributed by atoms with Crippen molar-refractivity contribution in [2.75, 3.05) is 11.1 Å². The average Bonchev–Trinajstić information content (AvgIpc) is 2.77. The number of halogens is 4. The molecule has 0 spiro atoms. The van der Waals surface area contributed by atoms with Crippen molar-refractivity contribution in [1.82, 2.24) is 4.98 Å². The monoisotopic (exact) mass is 381 g/mol. The minimum atomic E-state index is -4.87. The van der Waals surface area contributed by atoms with Crippen LogP contribution in [-0.4, -0.2) is 17.3 Å². The number of aromatic nitrogens is 1. The summed E-state index contributed by atoms with van der Waals surface area (Å²) < 4.78 is 41.3. The number of nitrogen functional groups attached to an aromatic ring is 1. The Morgan fingerprint density at radius 3 is 2.71 bits per heavy atom. The lowest BCUT2D eigenvalue weighted by molar-refractivity contribution is -0.274. The van der Waals surface area contributed by atoms with E-state index in [0.717, 1.165) is 17.4 Å². The summed E-state index contributed by atoms with van der Waals surface area (Å²) in [5.74, 6) is -1.22. The molecule has 1 aromatic carbocycles. The lowest BCUT2D eigenvalue weighted by atomic mass is 10.3. The first kappa shape index (κ1) is 15.6. The highest BCUT2D eigenvalue weighted by Crippen LogP contribution is 2.33. The van der Waals surface area contributed by atoms with Crippen molar-refractivity contribution in [2.45, 2.75) is 6.36 Å². The average molecular weight is 382 g/mol. The lowest BCUT2D eigenvalue weighted by Crippen LogP contribution is -2.19. The van der Waals surface area contributed by atoms with E-state index in [-0.39, 0.29) is 16.5 Å². The molecule has 1 heterocycles. The molecular weight excluding hydrogens is 375 g/mol. The Bertz CT molecular complexity index is 675. The van der Waals surface area contributed by atoms with E-state index in [1.807, 2.05) is 0 Å². The molecule has 0 aliphatic rings. The highest BCUT2D eigenvalue weighted by atomic mass is 79.9. The smallest absolute Gasteiger partial charge is 0.404 e. The van der Waals surface area contributed by atoms with Crippen molar-refractivity contribution < 1.29 is 22.7 Å². The molecule has 0 bridgehead atoms. The molecule has 112 valence electrons. The van der Waals surface area contributed by atoms with Crippen LogP contribution >= 0.6 is 27.3 Å². The van der Waals surface area contributed by atoms with Gasteiger partial charge in [-0.25, -0.2) is 4.98 Å². The molecule has 2 aromatic rings. The van der Waals surface area contributed by atoms with Crippen LogP contribution in [0.25, 0.3) is 0 Å². The molecule has 0 unspecified atom stereocenters. The van der Waals surface area contributed by atoms with Gasteiger partial charge in [0.25, 0.3) is 5.91 Å². The highest BCUT2D eigenvalue weighted by Gasteiger charge is 2.32. The summed E-state index contributed by atoms with van der Waals surface area (Å²) >= 11 is 4.08. The van der Waals surface area contributed by atoms with Crippen molar-refractivity contribution in [1.29, 1.82) is 0 Å². The first-order chi connectivity index (χ1) is 9.74. The Morgan fingerprint density at radius 2 is 2.14 bits per heavy atom. The van der Waals surface area contributed by atoms with E-state index in [4.69, 9.17) is 5.73 Å². The fraction of sp³-hybridized carbons (Fsp3) is 0.0909. The summed E-state index contributed by atoms with van der Waals surface area (Å²) in [6, 6.07) is 3.84. The third kappa shape index (κ3) is 4.33. The van der Waals surface area contributed by atoms with E-state index >= 15 is 0 Å². The lowest BCUT2D eigenvalue weighted by Gasteiger charge is -2.14. The largest absolute Gasteiger partial charge is 0.573 e. The highest BCUT2D eigenvalue weighted by molar-refractivity contribution is 9.10. The number of nitrogens with zero attached hydrogens (tertiary/aromatic N) is 1. The molecule has 0 aliphatic heterocycles.